The van der Waals surface area contributed by atoms with Crippen molar-refractivity contribution in [2.24, 2.45) is 0 Å². The first-order chi connectivity index (χ1) is 12.8. The van der Waals surface area contributed by atoms with Gasteiger partial charge in [0, 0.05) is 32.6 Å². The van der Waals surface area contributed by atoms with Crippen molar-refractivity contribution >= 4 is 52.3 Å². The molecule has 2 aromatic carbocycles. The van der Waals surface area contributed by atoms with Crippen molar-refractivity contribution in [1.29, 1.82) is 0 Å². The van der Waals surface area contributed by atoms with Gasteiger partial charge in [0.1, 0.15) is 11.2 Å². The molecular formula is C24H19NO. The highest BCUT2D eigenvalue weighted by Crippen LogP contribution is 2.29. The van der Waals surface area contributed by atoms with Crippen LogP contribution in [0.4, 0.5) is 0 Å². The highest BCUT2D eigenvalue weighted by Gasteiger charge is 2.07. The lowest BCUT2D eigenvalue weighted by atomic mass is 10.1. The Morgan fingerprint density at radius 1 is 0.923 bits per heavy atom. The SMILES string of the molecule is C=Cc1[nH]c2c(c1/C=C/c1ccc3oc4ccccc4c3c1)=CCCC=2. The molecule has 0 spiro atoms. The molecule has 0 amide bonds. The molecule has 0 radical (unpaired) electrons. The van der Waals surface area contributed by atoms with Gasteiger partial charge < -0.3 is 9.40 Å². The standard InChI is InChI=1S/C24H19NO/c1-2-21-18(17-7-3-5-9-22(17)25-21)13-11-16-12-14-24-20(15-16)19-8-4-6-10-23(19)26-24/h2,4,6-15,25H,1,3,5H2/b13-11+. The van der Waals surface area contributed by atoms with Gasteiger partial charge in [0.2, 0.25) is 0 Å². The van der Waals surface area contributed by atoms with Gasteiger partial charge in [-0.05, 0) is 42.7 Å². The maximum Gasteiger partial charge on any atom is 0.135 e. The smallest absolute Gasteiger partial charge is 0.135 e. The Morgan fingerprint density at radius 3 is 2.69 bits per heavy atom. The van der Waals surface area contributed by atoms with Crippen LogP contribution < -0.4 is 10.6 Å². The van der Waals surface area contributed by atoms with Gasteiger partial charge in [-0.2, -0.15) is 0 Å². The second-order valence-electron chi connectivity index (χ2n) is 6.66. The first kappa shape index (κ1) is 15.0. The molecule has 0 aliphatic heterocycles. The van der Waals surface area contributed by atoms with Crippen molar-refractivity contribution < 1.29 is 4.42 Å². The molecule has 26 heavy (non-hydrogen) atoms. The third-order valence-corrected chi connectivity index (χ3v) is 5.05. The molecular weight excluding hydrogens is 318 g/mol. The maximum atomic E-state index is 5.92. The molecule has 0 atom stereocenters. The summed E-state index contributed by atoms with van der Waals surface area (Å²) in [6.45, 7) is 3.95. The van der Waals surface area contributed by atoms with E-state index in [1.54, 1.807) is 0 Å². The first-order valence-corrected chi connectivity index (χ1v) is 8.98. The van der Waals surface area contributed by atoms with Crippen LogP contribution in [-0.2, 0) is 0 Å². The predicted molar refractivity (Wildman–Crippen MR) is 111 cm³/mol. The Bertz CT molecular complexity index is 1300. The molecule has 0 fully saturated rings. The lowest BCUT2D eigenvalue weighted by Gasteiger charge is -1.97. The van der Waals surface area contributed by atoms with Crippen molar-refractivity contribution in [2.45, 2.75) is 12.8 Å². The predicted octanol–water partition coefficient (Wildman–Crippen LogP) is 5.08. The largest absolute Gasteiger partial charge is 0.456 e. The van der Waals surface area contributed by atoms with E-state index in [0.717, 1.165) is 46.0 Å². The summed E-state index contributed by atoms with van der Waals surface area (Å²) < 4.78 is 5.92. The fraction of sp³-hybridized carbons (Fsp3) is 0.0833. The summed E-state index contributed by atoms with van der Waals surface area (Å²) in [7, 11) is 0. The molecule has 2 nitrogen and oxygen atoms in total. The van der Waals surface area contributed by atoms with E-state index in [0.29, 0.717) is 0 Å². The van der Waals surface area contributed by atoms with E-state index in [1.807, 2.05) is 18.2 Å². The zero-order valence-corrected chi connectivity index (χ0v) is 14.5. The molecule has 0 saturated carbocycles. The van der Waals surface area contributed by atoms with E-state index in [-0.39, 0.29) is 0 Å². The van der Waals surface area contributed by atoms with Crippen LogP contribution in [0.25, 0.3) is 52.3 Å². The zero-order valence-electron chi connectivity index (χ0n) is 14.5. The monoisotopic (exact) mass is 337 g/mol. The van der Waals surface area contributed by atoms with Crippen molar-refractivity contribution in [1.82, 2.24) is 4.98 Å². The molecule has 126 valence electrons. The van der Waals surface area contributed by atoms with E-state index < -0.39 is 0 Å². The number of furan rings is 1. The van der Waals surface area contributed by atoms with Crippen LogP contribution in [0.3, 0.4) is 0 Å². The normalized spacial score (nSPS) is 13.7. The average Bonchev–Trinajstić information content (AvgIpc) is 3.24. The van der Waals surface area contributed by atoms with E-state index in [9.17, 15) is 0 Å². The second kappa shape index (κ2) is 5.92. The van der Waals surface area contributed by atoms with Crippen LogP contribution in [-0.4, -0.2) is 4.98 Å². The summed E-state index contributed by atoms with van der Waals surface area (Å²) >= 11 is 0. The lowest BCUT2D eigenvalue weighted by Crippen LogP contribution is -2.25. The minimum atomic E-state index is 0.928. The molecule has 0 unspecified atom stereocenters. The lowest BCUT2D eigenvalue weighted by molar-refractivity contribution is 0.669. The fourth-order valence-electron chi connectivity index (χ4n) is 3.77. The molecule has 2 heteroatoms. The van der Waals surface area contributed by atoms with Crippen LogP contribution >= 0.6 is 0 Å². The maximum absolute atomic E-state index is 5.92. The summed E-state index contributed by atoms with van der Waals surface area (Å²) in [5.41, 5.74) is 5.31. The Kier molecular flexibility index (Phi) is 3.42. The minimum absolute atomic E-state index is 0.928. The second-order valence-corrected chi connectivity index (χ2v) is 6.66. The Morgan fingerprint density at radius 2 is 1.77 bits per heavy atom. The molecule has 2 aromatic heterocycles. The van der Waals surface area contributed by atoms with Crippen molar-refractivity contribution in [3.63, 3.8) is 0 Å². The summed E-state index contributed by atoms with van der Waals surface area (Å²) in [5.74, 6) is 0. The fourth-order valence-corrected chi connectivity index (χ4v) is 3.77. The quantitative estimate of drug-likeness (QED) is 0.555. The molecule has 0 saturated heterocycles. The van der Waals surface area contributed by atoms with Gasteiger partial charge in [-0.3, -0.25) is 0 Å². The third-order valence-electron chi connectivity index (χ3n) is 5.05. The highest BCUT2D eigenvalue weighted by atomic mass is 16.3. The van der Waals surface area contributed by atoms with Crippen molar-refractivity contribution in [3.05, 3.63) is 76.4 Å². The molecule has 1 aliphatic carbocycles. The van der Waals surface area contributed by atoms with Crippen LogP contribution in [0.2, 0.25) is 0 Å². The van der Waals surface area contributed by atoms with Crippen LogP contribution in [0.5, 0.6) is 0 Å². The summed E-state index contributed by atoms with van der Waals surface area (Å²) in [6, 6.07) is 14.5. The number of aromatic nitrogens is 1. The van der Waals surface area contributed by atoms with E-state index in [1.165, 1.54) is 16.1 Å². The molecule has 0 bridgehead atoms. The molecule has 1 aliphatic rings. The number of aromatic amines is 1. The Hall–Kier alpha value is -3.26. The summed E-state index contributed by atoms with van der Waals surface area (Å²) in [4.78, 5) is 3.47. The number of rotatable bonds is 3. The third kappa shape index (κ3) is 2.34. The minimum Gasteiger partial charge on any atom is -0.456 e. The number of para-hydroxylation sites is 1. The van der Waals surface area contributed by atoms with Crippen LogP contribution in [0.15, 0.2) is 53.5 Å². The van der Waals surface area contributed by atoms with Crippen molar-refractivity contribution in [2.75, 3.05) is 0 Å². The number of hydrogen-bond donors (Lipinski definition) is 1. The Labute approximate surface area is 151 Å². The van der Waals surface area contributed by atoms with Gasteiger partial charge in [-0.15, -0.1) is 0 Å². The highest BCUT2D eigenvalue weighted by molar-refractivity contribution is 6.05. The van der Waals surface area contributed by atoms with E-state index in [2.05, 4.69) is 66.2 Å². The topological polar surface area (TPSA) is 28.9 Å². The first-order valence-electron chi connectivity index (χ1n) is 8.98. The van der Waals surface area contributed by atoms with E-state index in [4.69, 9.17) is 4.42 Å². The van der Waals surface area contributed by atoms with Crippen LogP contribution in [0, 0.1) is 0 Å². The van der Waals surface area contributed by atoms with Gasteiger partial charge in [-0.1, -0.05) is 55.1 Å². The Balaban J connectivity index is 1.63. The van der Waals surface area contributed by atoms with Crippen molar-refractivity contribution in [3.8, 4) is 0 Å². The average molecular weight is 337 g/mol. The number of fused-ring (bicyclic) bond motifs is 4. The number of benzene rings is 2. The molecule has 1 N–H and O–H groups in total. The van der Waals surface area contributed by atoms with Gasteiger partial charge in [0.05, 0.1) is 0 Å². The summed E-state index contributed by atoms with van der Waals surface area (Å²) in [6.07, 6.45) is 13.0. The summed E-state index contributed by atoms with van der Waals surface area (Å²) in [5, 5.41) is 4.81. The van der Waals surface area contributed by atoms with Gasteiger partial charge in [0.15, 0.2) is 0 Å². The molecule has 2 heterocycles. The van der Waals surface area contributed by atoms with Gasteiger partial charge >= 0.3 is 0 Å². The van der Waals surface area contributed by atoms with Crippen LogP contribution in [0.1, 0.15) is 29.7 Å². The number of H-pyrrole nitrogens is 1. The van der Waals surface area contributed by atoms with Gasteiger partial charge in [-0.25, -0.2) is 0 Å². The van der Waals surface area contributed by atoms with E-state index >= 15 is 0 Å². The number of nitrogens with one attached hydrogen (secondary N) is 1. The molecule has 4 aromatic rings. The van der Waals surface area contributed by atoms with Gasteiger partial charge in [0.25, 0.3) is 0 Å². The molecule has 5 rings (SSSR count). The zero-order chi connectivity index (χ0) is 17.5. The number of hydrogen-bond acceptors (Lipinski definition) is 1.